The number of hydrogen-bond donors (Lipinski definition) is 1. The quantitative estimate of drug-likeness (QED) is 0.701. The van der Waals surface area contributed by atoms with Crippen LogP contribution in [0.5, 0.6) is 0 Å². The maximum absolute atomic E-state index is 3.78. The predicted molar refractivity (Wildman–Crippen MR) is 68.1 cm³/mol. The lowest BCUT2D eigenvalue weighted by Gasteiger charge is -2.25. The van der Waals surface area contributed by atoms with Crippen molar-refractivity contribution in [2.45, 2.75) is 78.3 Å². The third-order valence-electron chi connectivity index (χ3n) is 3.83. The normalized spacial score (nSPS) is 22.2. The van der Waals surface area contributed by atoms with Crippen molar-refractivity contribution in [3.63, 3.8) is 0 Å². The van der Waals surface area contributed by atoms with Gasteiger partial charge in [0.1, 0.15) is 0 Å². The molecule has 1 nitrogen and oxygen atoms in total. The first kappa shape index (κ1) is 13.0. The van der Waals surface area contributed by atoms with E-state index in [1.807, 2.05) is 0 Å². The molecule has 1 rings (SSSR count). The van der Waals surface area contributed by atoms with E-state index in [1.165, 1.54) is 38.5 Å². The van der Waals surface area contributed by atoms with Crippen molar-refractivity contribution in [1.82, 2.24) is 5.32 Å². The van der Waals surface area contributed by atoms with Crippen molar-refractivity contribution in [3.05, 3.63) is 0 Å². The van der Waals surface area contributed by atoms with Crippen LogP contribution in [-0.2, 0) is 0 Å². The van der Waals surface area contributed by atoms with Crippen LogP contribution in [-0.4, -0.2) is 12.1 Å². The SMILES string of the molecule is CC(C)CCC(C)N[C@@H](C)C1CCCC1. The molecule has 0 bridgehead atoms. The molecule has 1 heteroatoms. The zero-order valence-corrected chi connectivity index (χ0v) is 11.1. The number of nitrogens with one attached hydrogen (secondary N) is 1. The molecule has 90 valence electrons. The summed E-state index contributed by atoms with van der Waals surface area (Å²) in [6.45, 7) is 9.34. The van der Waals surface area contributed by atoms with Crippen molar-refractivity contribution < 1.29 is 0 Å². The molecular weight excluding hydrogens is 182 g/mol. The molecule has 2 atom stereocenters. The molecule has 0 radical (unpaired) electrons. The molecular formula is C14H29N. The van der Waals surface area contributed by atoms with E-state index in [9.17, 15) is 0 Å². The Bertz CT molecular complexity index is 159. The minimum absolute atomic E-state index is 0.697. The fraction of sp³-hybridized carbons (Fsp3) is 1.00. The van der Waals surface area contributed by atoms with Gasteiger partial charge in [-0.25, -0.2) is 0 Å². The van der Waals surface area contributed by atoms with Gasteiger partial charge in [0.25, 0.3) is 0 Å². The zero-order valence-electron chi connectivity index (χ0n) is 11.1. The smallest absolute Gasteiger partial charge is 0.00694 e. The first-order chi connectivity index (χ1) is 7.09. The molecule has 15 heavy (non-hydrogen) atoms. The summed E-state index contributed by atoms with van der Waals surface area (Å²) in [7, 11) is 0. The largest absolute Gasteiger partial charge is 0.312 e. The van der Waals surface area contributed by atoms with E-state index in [2.05, 4.69) is 33.0 Å². The summed E-state index contributed by atoms with van der Waals surface area (Å²) in [6, 6.07) is 1.43. The average Bonchev–Trinajstić information content (AvgIpc) is 2.67. The second-order valence-electron chi connectivity index (χ2n) is 5.87. The highest BCUT2D eigenvalue weighted by Crippen LogP contribution is 2.27. The van der Waals surface area contributed by atoms with Gasteiger partial charge in [0.2, 0.25) is 0 Å². The number of rotatable bonds is 6. The van der Waals surface area contributed by atoms with Gasteiger partial charge in [-0.2, -0.15) is 0 Å². The molecule has 1 aliphatic carbocycles. The fourth-order valence-corrected chi connectivity index (χ4v) is 2.71. The molecule has 0 heterocycles. The van der Waals surface area contributed by atoms with Crippen LogP contribution in [0.25, 0.3) is 0 Å². The topological polar surface area (TPSA) is 12.0 Å². The Morgan fingerprint density at radius 2 is 1.60 bits per heavy atom. The molecule has 0 aromatic rings. The molecule has 0 amide bonds. The summed E-state index contributed by atoms with van der Waals surface area (Å²) >= 11 is 0. The average molecular weight is 211 g/mol. The Labute approximate surface area is 96.0 Å². The first-order valence-electron chi connectivity index (χ1n) is 6.85. The van der Waals surface area contributed by atoms with Crippen LogP contribution in [0.1, 0.15) is 66.2 Å². The molecule has 1 aliphatic rings. The lowest BCUT2D eigenvalue weighted by atomic mass is 9.97. The van der Waals surface area contributed by atoms with E-state index in [0.717, 1.165) is 17.9 Å². The summed E-state index contributed by atoms with van der Waals surface area (Å²) in [6.07, 6.45) is 8.49. The van der Waals surface area contributed by atoms with Crippen molar-refractivity contribution in [2.24, 2.45) is 11.8 Å². The van der Waals surface area contributed by atoms with Gasteiger partial charge in [0.05, 0.1) is 0 Å². The molecule has 0 saturated heterocycles. The van der Waals surface area contributed by atoms with Gasteiger partial charge in [-0.15, -0.1) is 0 Å². The highest BCUT2D eigenvalue weighted by atomic mass is 14.9. The van der Waals surface area contributed by atoms with Crippen molar-refractivity contribution in [1.29, 1.82) is 0 Å². The molecule has 0 aliphatic heterocycles. The molecule has 1 N–H and O–H groups in total. The van der Waals surface area contributed by atoms with E-state index in [1.54, 1.807) is 0 Å². The van der Waals surface area contributed by atoms with Gasteiger partial charge >= 0.3 is 0 Å². The monoisotopic (exact) mass is 211 g/mol. The van der Waals surface area contributed by atoms with Crippen LogP contribution < -0.4 is 5.32 Å². The highest BCUT2D eigenvalue weighted by Gasteiger charge is 2.22. The van der Waals surface area contributed by atoms with Crippen LogP contribution in [0.15, 0.2) is 0 Å². The highest BCUT2D eigenvalue weighted by molar-refractivity contribution is 4.79. The maximum atomic E-state index is 3.78. The van der Waals surface area contributed by atoms with Crippen LogP contribution in [0, 0.1) is 11.8 Å². The van der Waals surface area contributed by atoms with E-state index in [4.69, 9.17) is 0 Å². The second-order valence-corrected chi connectivity index (χ2v) is 5.87. The Hall–Kier alpha value is -0.0400. The molecule has 0 aromatic carbocycles. The van der Waals surface area contributed by atoms with Crippen LogP contribution in [0.3, 0.4) is 0 Å². The summed E-state index contributed by atoms with van der Waals surface area (Å²) in [5.74, 6) is 1.79. The van der Waals surface area contributed by atoms with E-state index < -0.39 is 0 Å². The lowest BCUT2D eigenvalue weighted by Crippen LogP contribution is -2.38. The summed E-state index contributed by atoms with van der Waals surface area (Å²) in [5, 5.41) is 3.78. The van der Waals surface area contributed by atoms with Gasteiger partial charge in [-0.3, -0.25) is 0 Å². The summed E-state index contributed by atoms with van der Waals surface area (Å²) in [5.41, 5.74) is 0. The Kier molecular flexibility index (Phi) is 5.66. The Morgan fingerprint density at radius 1 is 1.00 bits per heavy atom. The van der Waals surface area contributed by atoms with Gasteiger partial charge in [0.15, 0.2) is 0 Å². The zero-order chi connectivity index (χ0) is 11.3. The van der Waals surface area contributed by atoms with Crippen LogP contribution in [0.4, 0.5) is 0 Å². The molecule has 0 spiro atoms. The molecule has 0 aromatic heterocycles. The first-order valence-corrected chi connectivity index (χ1v) is 6.85. The standard InChI is InChI=1S/C14H29N/c1-11(2)9-10-12(3)15-13(4)14-7-5-6-8-14/h11-15H,5-10H2,1-4H3/t12?,13-/m0/s1. The molecule has 1 unspecified atom stereocenters. The van der Waals surface area contributed by atoms with Crippen LogP contribution >= 0.6 is 0 Å². The van der Waals surface area contributed by atoms with Crippen LogP contribution in [0.2, 0.25) is 0 Å². The van der Waals surface area contributed by atoms with Crippen molar-refractivity contribution in [2.75, 3.05) is 0 Å². The molecule has 1 fully saturated rings. The maximum Gasteiger partial charge on any atom is 0.00694 e. The van der Waals surface area contributed by atoms with Gasteiger partial charge in [-0.1, -0.05) is 26.7 Å². The van der Waals surface area contributed by atoms with Crippen molar-refractivity contribution in [3.8, 4) is 0 Å². The van der Waals surface area contributed by atoms with E-state index >= 15 is 0 Å². The van der Waals surface area contributed by atoms with Gasteiger partial charge in [0, 0.05) is 12.1 Å². The minimum atomic E-state index is 0.697. The second kappa shape index (κ2) is 6.52. The summed E-state index contributed by atoms with van der Waals surface area (Å²) < 4.78 is 0. The third kappa shape index (κ3) is 5.01. The van der Waals surface area contributed by atoms with E-state index in [-0.39, 0.29) is 0 Å². The fourth-order valence-electron chi connectivity index (χ4n) is 2.71. The molecule has 1 saturated carbocycles. The summed E-state index contributed by atoms with van der Waals surface area (Å²) in [4.78, 5) is 0. The lowest BCUT2D eigenvalue weighted by molar-refractivity contribution is 0.331. The van der Waals surface area contributed by atoms with E-state index in [0.29, 0.717) is 6.04 Å². The van der Waals surface area contributed by atoms with Gasteiger partial charge in [-0.05, 0) is 51.4 Å². The minimum Gasteiger partial charge on any atom is -0.312 e. The third-order valence-corrected chi connectivity index (χ3v) is 3.83. The predicted octanol–water partition coefficient (Wildman–Crippen LogP) is 3.98. The Morgan fingerprint density at radius 3 is 2.13 bits per heavy atom. The van der Waals surface area contributed by atoms with Crippen molar-refractivity contribution >= 4 is 0 Å². The number of hydrogen-bond acceptors (Lipinski definition) is 1. The van der Waals surface area contributed by atoms with Gasteiger partial charge < -0.3 is 5.32 Å². The Balaban J connectivity index is 2.15.